The molecule has 4 fully saturated rings. The molecule has 4 heteroatoms. The maximum absolute atomic E-state index is 12.0. The van der Waals surface area contributed by atoms with Crippen molar-refractivity contribution in [2.75, 3.05) is 13.7 Å². The monoisotopic (exact) mass is 613 g/mol. The Kier molecular flexibility index (Phi) is 8.15. The van der Waals surface area contributed by atoms with Crippen molar-refractivity contribution in [2.24, 2.45) is 51.2 Å². The number of nitrogens with one attached hydrogen (secondary N) is 1. The highest BCUT2D eigenvalue weighted by molar-refractivity contribution is 5.94. The van der Waals surface area contributed by atoms with Crippen LogP contribution in [0.2, 0.25) is 0 Å². The van der Waals surface area contributed by atoms with Crippen molar-refractivity contribution in [3.63, 3.8) is 0 Å². The molecule has 1 N–H and O–H groups in total. The van der Waals surface area contributed by atoms with Gasteiger partial charge in [0.1, 0.15) is 0 Å². The minimum Gasteiger partial charge on any atom is -0.469 e. The van der Waals surface area contributed by atoms with E-state index in [1.54, 1.807) is 6.92 Å². The van der Waals surface area contributed by atoms with E-state index in [-0.39, 0.29) is 33.5 Å². The smallest absolute Gasteiger partial charge is 0.306 e. The Morgan fingerprint density at radius 2 is 1.60 bits per heavy atom. The fourth-order valence-corrected chi connectivity index (χ4v) is 12.9. The van der Waals surface area contributed by atoms with Gasteiger partial charge in [-0.15, -0.1) is 0 Å². The molecule has 0 aliphatic heterocycles. The van der Waals surface area contributed by atoms with Crippen LogP contribution in [-0.2, 0) is 9.53 Å². The zero-order chi connectivity index (χ0) is 32.6. The van der Waals surface area contributed by atoms with Crippen LogP contribution >= 0.6 is 0 Å². The van der Waals surface area contributed by atoms with Crippen LogP contribution in [0.25, 0.3) is 5.57 Å². The van der Waals surface area contributed by atoms with Crippen LogP contribution in [-0.4, -0.2) is 30.9 Å². The first-order valence-electron chi connectivity index (χ1n) is 17.9. The van der Waals surface area contributed by atoms with E-state index in [0.717, 1.165) is 12.0 Å². The number of ketones is 1. The molecule has 4 nitrogen and oxygen atoms in total. The normalized spacial score (nSPS) is 41.5. The Morgan fingerprint density at radius 1 is 0.889 bits per heavy atom. The van der Waals surface area contributed by atoms with Crippen LogP contribution in [0.15, 0.2) is 42.5 Å². The van der Waals surface area contributed by atoms with Gasteiger partial charge in [0.25, 0.3) is 0 Å². The molecule has 45 heavy (non-hydrogen) atoms. The van der Waals surface area contributed by atoms with E-state index in [2.05, 4.69) is 71.6 Å². The summed E-state index contributed by atoms with van der Waals surface area (Å²) in [6.07, 6.45) is 14.2. The van der Waals surface area contributed by atoms with Gasteiger partial charge in [0.15, 0.2) is 5.78 Å². The molecule has 0 bridgehead atoms. The molecule has 5 aliphatic carbocycles. The molecule has 0 saturated heterocycles. The van der Waals surface area contributed by atoms with Crippen LogP contribution in [0.1, 0.15) is 129 Å². The maximum atomic E-state index is 12.0. The van der Waals surface area contributed by atoms with E-state index in [1.807, 2.05) is 12.1 Å². The summed E-state index contributed by atoms with van der Waals surface area (Å²) in [5.41, 5.74) is 5.94. The molecule has 5 aliphatic rings. The van der Waals surface area contributed by atoms with E-state index < -0.39 is 0 Å². The fraction of sp³-hybridized carbons (Fsp3) is 0.707. The Labute approximate surface area is 273 Å². The Bertz CT molecular complexity index is 1390. The average Bonchev–Trinajstić information content (AvgIpc) is 3.37. The third kappa shape index (κ3) is 4.77. The number of ether oxygens (including phenoxy) is 1. The van der Waals surface area contributed by atoms with Gasteiger partial charge in [-0.1, -0.05) is 77.1 Å². The topological polar surface area (TPSA) is 55.4 Å². The minimum absolute atomic E-state index is 0.0750. The molecular weight excluding hydrogens is 554 g/mol. The molecule has 4 saturated carbocycles. The highest BCUT2D eigenvalue weighted by atomic mass is 16.5. The lowest BCUT2D eigenvalue weighted by Crippen LogP contribution is -2.68. The van der Waals surface area contributed by atoms with Gasteiger partial charge in [0.2, 0.25) is 0 Å². The molecule has 0 radical (unpaired) electrons. The van der Waals surface area contributed by atoms with Crippen LogP contribution < -0.4 is 5.32 Å². The number of benzene rings is 1. The van der Waals surface area contributed by atoms with E-state index in [0.29, 0.717) is 48.0 Å². The van der Waals surface area contributed by atoms with Gasteiger partial charge in [0, 0.05) is 17.6 Å². The lowest BCUT2D eigenvalue weighted by Gasteiger charge is -2.72. The molecule has 9 atom stereocenters. The molecule has 0 amide bonds. The maximum Gasteiger partial charge on any atom is 0.306 e. The number of hydrogen-bond acceptors (Lipinski definition) is 4. The molecule has 0 heterocycles. The van der Waals surface area contributed by atoms with Crippen molar-refractivity contribution in [1.29, 1.82) is 0 Å². The van der Waals surface area contributed by atoms with E-state index >= 15 is 0 Å². The SMILES string of the molecule is C=C(C)[C@@H]1CC[C@]2(NCCC(=O)OC)CC[C@]3(C)[C@H](CC[C@@H]4[C@@]5(C)CC=C(c6ccc(C(C)=O)cc6)C(C)(C)[C@@H]5CC[C@]43C)[C@@H]12. The summed E-state index contributed by atoms with van der Waals surface area (Å²) in [4.78, 5) is 24.0. The van der Waals surface area contributed by atoms with Gasteiger partial charge >= 0.3 is 5.97 Å². The summed E-state index contributed by atoms with van der Waals surface area (Å²) in [5, 5.41) is 4.01. The molecule has 0 aromatic heterocycles. The van der Waals surface area contributed by atoms with Crippen molar-refractivity contribution in [1.82, 2.24) is 5.32 Å². The van der Waals surface area contributed by atoms with E-state index in [4.69, 9.17) is 4.74 Å². The Morgan fingerprint density at radius 3 is 2.24 bits per heavy atom. The standard InChI is InChI=1S/C41H59NO3/c1-26(2)30-16-22-41(42-25-19-35(44)45-9)24-23-39(7)32(36(30)41)14-15-34-38(6)20-17-31(29-12-10-28(11-13-29)27(3)43)37(4,5)33(38)18-21-40(34,39)8/h10-13,17,30,32-34,36,42H,1,14-16,18-25H2,2-9H3/t30-,32+,33-,34+,36+,38-,39+,40+,41-/m0/s1. The number of fused-ring (bicyclic) bond motifs is 7. The van der Waals surface area contributed by atoms with Crippen molar-refractivity contribution < 1.29 is 14.3 Å². The first-order chi connectivity index (χ1) is 21.1. The molecule has 1 aromatic rings. The van der Waals surface area contributed by atoms with Gasteiger partial charge in [-0.3, -0.25) is 9.59 Å². The van der Waals surface area contributed by atoms with Gasteiger partial charge < -0.3 is 10.1 Å². The molecule has 1 aromatic carbocycles. The summed E-state index contributed by atoms with van der Waals surface area (Å²) in [6, 6.07) is 8.38. The lowest BCUT2D eigenvalue weighted by molar-refractivity contribution is -0.219. The predicted octanol–water partition coefficient (Wildman–Crippen LogP) is 9.45. The third-order valence-electron chi connectivity index (χ3n) is 15.3. The van der Waals surface area contributed by atoms with E-state index in [9.17, 15) is 9.59 Å². The summed E-state index contributed by atoms with van der Waals surface area (Å²) in [5.74, 6) is 3.16. The number of carbonyl (C=O) groups is 2. The second kappa shape index (κ2) is 11.2. The number of hydrogen-bond donors (Lipinski definition) is 1. The van der Waals surface area contributed by atoms with Crippen molar-refractivity contribution >= 4 is 17.3 Å². The quantitative estimate of drug-likeness (QED) is 0.189. The average molecular weight is 614 g/mol. The van der Waals surface area contributed by atoms with Gasteiger partial charge in [-0.25, -0.2) is 0 Å². The largest absolute Gasteiger partial charge is 0.469 e. The number of allylic oxidation sites excluding steroid dienone is 3. The summed E-state index contributed by atoms with van der Waals surface area (Å²) >= 11 is 0. The van der Waals surface area contributed by atoms with E-state index in [1.165, 1.54) is 75.2 Å². The third-order valence-corrected chi connectivity index (χ3v) is 15.3. The van der Waals surface area contributed by atoms with Crippen LogP contribution in [0.4, 0.5) is 0 Å². The van der Waals surface area contributed by atoms with Gasteiger partial charge in [0.05, 0.1) is 13.5 Å². The summed E-state index contributed by atoms with van der Waals surface area (Å²) < 4.78 is 4.99. The Hall–Kier alpha value is -2.20. The number of Topliss-reactive ketones (excluding diaryl/α,β-unsaturated/α-hetero) is 1. The highest BCUT2D eigenvalue weighted by Crippen LogP contribution is 2.76. The zero-order valence-electron chi connectivity index (χ0n) is 29.5. The lowest BCUT2D eigenvalue weighted by atomic mass is 9.33. The fourth-order valence-electron chi connectivity index (χ4n) is 12.9. The summed E-state index contributed by atoms with van der Waals surface area (Å²) in [7, 11) is 1.49. The number of esters is 1. The Balaban J connectivity index is 1.32. The van der Waals surface area contributed by atoms with Crippen LogP contribution in [0.5, 0.6) is 0 Å². The highest BCUT2D eigenvalue weighted by Gasteiger charge is 2.70. The number of rotatable bonds is 7. The molecule has 246 valence electrons. The molecule has 6 rings (SSSR count). The first-order valence-corrected chi connectivity index (χ1v) is 17.9. The second-order valence-corrected chi connectivity index (χ2v) is 17.3. The molecular formula is C41H59NO3. The molecule has 0 unspecified atom stereocenters. The van der Waals surface area contributed by atoms with Crippen molar-refractivity contribution in [3.8, 4) is 0 Å². The summed E-state index contributed by atoms with van der Waals surface area (Å²) in [6.45, 7) is 22.2. The van der Waals surface area contributed by atoms with Gasteiger partial charge in [-0.05, 0) is 134 Å². The number of carbonyl (C=O) groups excluding carboxylic acids is 2. The van der Waals surface area contributed by atoms with Crippen LogP contribution in [0, 0.1) is 51.2 Å². The first kappa shape index (κ1) is 32.7. The minimum atomic E-state index is -0.121. The van der Waals surface area contributed by atoms with Crippen LogP contribution in [0.3, 0.4) is 0 Å². The van der Waals surface area contributed by atoms with Gasteiger partial charge in [-0.2, -0.15) is 0 Å². The number of methoxy groups -OCH3 is 1. The van der Waals surface area contributed by atoms with Crippen molar-refractivity contribution in [2.45, 2.75) is 118 Å². The molecule has 0 spiro atoms. The predicted molar refractivity (Wildman–Crippen MR) is 184 cm³/mol. The van der Waals surface area contributed by atoms with Crippen molar-refractivity contribution in [3.05, 3.63) is 53.6 Å². The second-order valence-electron chi connectivity index (χ2n) is 17.3. The zero-order valence-corrected chi connectivity index (χ0v) is 29.5.